The summed E-state index contributed by atoms with van der Waals surface area (Å²) in [6.07, 6.45) is 0.0964. The molecule has 0 spiro atoms. The van der Waals surface area contributed by atoms with Crippen molar-refractivity contribution in [1.82, 2.24) is 0 Å². The van der Waals surface area contributed by atoms with Crippen LogP contribution in [0, 0.1) is 0 Å². The number of primary amides is 1. The molecule has 1 aromatic heterocycles. The molecule has 1 amide bonds. The van der Waals surface area contributed by atoms with E-state index in [1.54, 1.807) is 0 Å². The van der Waals surface area contributed by atoms with Crippen molar-refractivity contribution < 1.29 is 36.3 Å². The van der Waals surface area contributed by atoms with Crippen LogP contribution in [0.2, 0.25) is 0 Å². The number of nitrogens with two attached hydrogens (primary N) is 2. The summed E-state index contributed by atoms with van der Waals surface area (Å²) in [6, 6.07) is 2.50. The van der Waals surface area contributed by atoms with E-state index < -0.39 is 34.1 Å². The number of alkyl halides is 2. The van der Waals surface area contributed by atoms with Gasteiger partial charge in [0.25, 0.3) is 0 Å². The third-order valence-electron chi connectivity index (χ3n) is 3.57. The van der Waals surface area contributed by atoms with Crippen LogP contribution in [0.25, 0.3) is 10.1 Å². The number of rotatable bonds is 8. The van der Waals surface area contributed by atoms with Crippen LogP contribution in [0.1, 0.15) is 21.7 Å². The quantitative estimate of drug-likeness (QED) is 0.261. The van der Waals surface area contributed by atoms with E-state index in [9.17, 15) is 26.6 Å². The highest BCUT2D eigenvalue weighted by Crippen LogP contribution is 2.63. The number of carbonyl (C=O) groups excluding carboxylic acids is 1. The summed E-state index contributed by atoms with van der Waals surface area (Å²) in [7, 11) is -9.49. The zero-order valence-corrected chi connectivity index (χ0v) is 18.0. The van der Waals surface area contributed by atoms with Crippen molar-refractivity contribution in [1.29, 1.82) is 0 Å². The lowest BCUT2D eigenvalue weighted by Crippen LogP contribution is -2.18. The number of carbonyl (C=O) groups is 1. The summed E-state index contributed by atoms with van der Waals surface area (Å²) in [5.74, 6) is -1.18. The Morgan fingerprint density at radius 3 is 2.46 bits per heavy atom. The van der Waals surface area contributed by atoms with Gasteiger partial charge in [-0.3, -0.25) is 9.36 Å². The molecule has 0 aliphatic heterocycles. The summed E-state index contributed by atoms with van der Waals surface area (Å²) >= 11 is 3.34. The first-order valence-electron chi connectivity index (χ1n) is 7.39. The summed E-state index contributed by atoms with van der Waals surface area (Å²) < 4.78 is 61.5. The smallest absolute Gasteiger partial charge is 0.384 e. The van der Waals surface area contributed by atoms with Gasteiger partial charge in [-0.2, -0.15) is 8.78 Å². The summed E-state index contributed by atoms with van der Waals surface area (Å²) in [5, 5.41) is 7.81. The number of primary sulfonamides is 1. The average Bonchev–Trinajstić information content (AvgIpc) is 2.87. The van der Waals surface area contributed by atoms with E-state index in [4.69, 9.17) is 20.7 Å². The second kappa shape index (κ2) is 7.94. The Morgan fingerprint density at radius 2 is 1.96 bits per heavy atom. The molecule has 156 valence electrons. The van der Waals surface area contributed by atoms with Gasteiger partial charge in [-0.25, -0.2) is 13.6 Å². The molecule has 0 atom stereocenters. The largest absolute Gasteiger partial charge is 0.400 e. The normalized spacial score (nSPS) is 13.1. The fourth-order valence-corrected chi connectivity index (χ4v) is 5.81. The first-order valence-corrected chi connectivity index (χ1v) is 12.3. The SMILES string of the molecule is NC(=O)c1cc(NCCCS(N)(=O)=O)c2sc(C(F)(F)P(=O)(O)O)c(Br)c2c1. The molecule has 0 radical (unpaired) electrons. The molecule has 0 aliphatic carbocycles. The molecule has 1 aromatic carbocycles. The molecule has 0 saturated carbocycles. The van der Waals surface area contributed by atoms with Gasteiger partial charge in [-0.05, 0) is 34.5 Å². The van der Waals surface area contributed by atoms with E-state index >= 15 is 0 Å². The number of benzene rings is 1. The molecule has 2 rings (SSSR count). The number of hydrogen-bond acceptors (Lipinski definition) is 6. The molecule has 0 unspecified atom stereocenters. The van der Waals surface area contributed by atoms with Crippen molar-refractivity contribution in [2.24, 2.45) is 10.9 Å². The van der Waals surface area contributed by atoms with E-state index in [0.29, 0.717) is 11.3 Å². The fourth-order valence-electron chi connectivity index (χ4n) is 2.27. The molecule has 2 aromatic rings. The topological polar surface area (TPSA) is 173 Å². The molecule has 0 aliphatic rings. The minimum absolute atomic E-state index is 0.0361. The number of sulfonamides is 1. The first-order chi connectivity index (χ1) is 12.6. The maximum Gasteiger partial charge on any atom is 0.400 e. The van der Waals surface area contributed by atoms with E-state index in [2.05, 4.69) is 21.2 Å². The minimum Gasteiger partial charge on any atom is -0.384 e. The van der Waals surface area contributed by atoms with E-state index in [1.807, 2.05) is 0 Å². The highest BCUT2D eigenvalue weighted by Gasteiger charge is 2.53. The lowest BCUT2D eigenvalue weighted by molar-refractivity contribution is 0.0595. The number of halogens is 3. The Bertz CT molecular complexity index is 1090. The van der Waals surface area contributed by atoms with Crippen LogP contribution in [0.15, 0.2) is 16.6 Å². The number of nitrogens with one attached hydrogen (secondary N) is 1. The maximum absolute atomic E-state index is 14.2. The third-order valence-corrected chi connectivity index (χ3v) is 7.93. The first kappa shape index (κ1) is 23.1. The lowest BCUT2D eigenvalue weighted by Gasteiger charge is -2.16. The van der Waals surface area contributed by atoms with Crippen LogP contribution in [0.5, 0.6) is 0 Å². The zero-order valence-electron chi connectivity index (χ0n) is 13.9. The molecule has 28 heavy (non-hydrogen) atoms. The Balaban J connectivity index is 2.55. The fraction of sp³-hybridized carbons (Fsp3) is 0.308. The van der Waals surface area contributed by atoms with Crippen LogP contribution >= 0.6 is 34.9 Å². The van der Waals surface area contributed by atoms with Crippen LogP contribution in [0.4, 0.5) is 14.5 Å². The summed E-state index contributed by atoms with van der Waals surface area (Å²) in [4.78, 5) is 28.6. The molecule has 0 fully saturated rings. The molecule has 0 bridgehead atoms. The van der Waals surface area contributed by atoms with Crippen molar-refractivity contribution in [3.63, 3.8) is 0 Å². The highest BCUT2D eigenvalue weighted by atomic mass is 79.9. The number of amides is 1. The number of fused-ring (bicyclic) bond motifs is 1. The molecule has 0 saturated heterocycles. The van der Waals surface area contributed by atoms with Crippen molar-refractivity contribution in [2.45, 2.75) is 12.1 Å². The summed E-state index contributed by atoms with van der Waals surface area (Å²) in [5.41, 5.74) is 0.943. The van der Waals surface area contributed by atoms with Gasteiger partial charge in [0.15, 0.2) is 0 Å². The molecule has 9 nitrogen and oxygen atoms in total. The monoisotopic (exact) mass is 521 g/mol. The predicted molar refractivity (Wildman–Crippen MR) is 105 cm³/mol. The number of hydrogen-bond donors (Lipinski definition) is 5. The average molecular weight is 522 g/mol. The minimum atomic E-state index is -5.81. The van der Waals surface area contributed by atoms with Crippen LogP contribution < -0.4 is 16.2 Å². The Labute approximate surface area is 170 Å². The third kappa shape index (κ3) is 4.87. The lowest BCUT2D eigenvalue weighted by atomic mass is 10.1. The van der Waals surface area contributed by atoms with Gasteiger partial charge in [0, 0.05) is 22.0 Å². The van der Waals surface area contributed by atoms with E-state index in [-0.39, 0.29) is 44.5 Å². The van der Waals surface area contributed by atoms with Crippen molar-refractivity contribution >= 4 is 66.6 Å². The number of anilines is 1. The Kier molecular flexibility index (Phi) is 6.56. The molecule has 1 heterocycles. The Hall–Kier alpha value is -1.15. The summed E-state index contributed by atoms with van der Waals surface area (Å²) in [6.45, 7) is 0.0769. The van der Waals surface area contributed by atoms with Gasteiger partial charge in [0.2, 0.25) is 15.9 Å². The molecule has 7 N–H and O–H groups in total. The van der Waals surface area contributed by atoms with Crippen molar-refractivity contribution in [2.75, 3.05) is 17.6 Å². The van der Waals surface area contributed by atoms with Gasteiger partial charge in [-0.1, -0.05) is 0 Å². The van der Waals surface area contributed by atoms with Crippen LogP contribution in [-0.2, 0) is 20.3 Å². The molecule has 15 heteroatoms. The maximum atomic E-state index is 14.2. The van der Waals surface area contributed by atoms with Crippen LogP contribution in [-0.4, -0.2) is 36.4 Å². The van der Waals surface area contributed by atoms with Crippen molar-refractivity contribution in [3.8, 4) is 0 Å². The standard InChI is InChI=1S/C13H15BrF2N3O6PS2/c14-9-7-4-6(12(17)20)5-8(19-2-1-3-28(18,24)25)10(7)27-11(9)13(15,16)26(21,22)23/h4-5,19H,1-3H2,(H2,17,20)(H2,18,24,25)(H2,21,22,23). The van der Waals surface area contributed by atoms with Gasteiger partial charge in [0.05, 0.1) is 16.1 Å². The van der Waals surface area contributed by atoms with E-state index in [0.717, 1.165) is 0 Å². The predicted octanol–water partition coefficient (Wildman–Crippen LogP) is 2.08. The van der Waals surface area contributed by atoms with Crippen LogP contribution in [0.3, 0.4) is 0 Å². The second-order valence-corrected chi connectivity index (χ2v) is 10.9. The molecular formula is C13H15BrF2N3O6PS2. The van der Waals surface area contributed by atoms with Gasteiger partial charge in [-0.15, -0.1) is 11.3 Å². The van der Waals surface area contributed by atoms with Gasteiger partial charge in [0.1, 0.15) is 4.88 Å². The van der Waals surface area contributed by atoms with E-state index in [1.165, 1.54) is 12.1 Å². The van der Waals surface area contributed by atoms with Gasteiger partial charge >= 0.3 is 13.3 Å². The highest BCUT2D eigenvalue weighted by molar-refractivity contribution is 9.10. The van der Waals surface area contributed by atoms with Crippen molar-refractivity contribution in [3.05, 3.63) is 27.0 Å². The second-order valence-electron chi connectivity index (χ2n) is 5.74. The Morgan fingerprint density at radius 1 is 1.36 bits per heavy atom. The van der Waals surface area contributed by atoms with Gasteiger partial charge < -0.3 is 20.8 Å². The molecular weight excluding hydrogens is 507 g/mol. The zero-order chi connectivity index (χ0) is 21.5. The number of thiophene rings is 1.